The van der Waals surface area contributed by atoms with E-state index in [1.54, 1.807) is 6.20 Å². The molecule has 0 unspecified atom stereocenters. The third-order valence-corrected chi connectivity index (χ3v) is 7.32. The summed E-state index contributed by atoms with van der Waals surface area (Å²) in [6, 6.07) is 13.4. The number of benzene rings is 1. The molecule has 3 aromatic rings. The summed E-state index contributed by atoms with van der Waals surface area (Å²) in [6.45, 7) is 2.05. The normalized spacial score (nSPS) is 20.6. The van der Waals surface area contributed by atoms with Crippen LogP contribution in [0.25, 0.3) is 22.4 Å². The molecule has 3 aliphatic rings. The molecule has 0 spiro atoms. The predicted molar refractivity (Wildman–Crippen MR) is 141 cm³/mol. The van der Waals surface area contributed by atoms with Gasteiger partial charge in [-0.25, -0.2) is 14.2 Å². The number of nitrogens with zero attached hydrogens (tertiary/aromatic N) is 2. The lowest BCUT2D eigenvalue weighted by atomic mass is 9.91. The summed E-state index contributed by atoms with van der Waals surface area (Å²) in [5.74, 6) is 1.11. The van der Waals surface area contributed by atoms with Crippen molar-refractivity contribution in [2.24, 2.45) is 5.92 Å². The van der Waals surface area contributed by atoms with Gasteiger partial charge in [0.05, 0.1) is 5.69 Å². The van der Waals surface area contributed by atoms with E-state index >= 15 is 0 Å². The molecule has 3 amide bonds. The van der Waals surface area contributed by atoms with Crippen molar-refractivity contribution in [1.29, 1.82) is 0 Å². The topological polar surface area (TPSA) is 96.0 Å². The minimum Gasteiger partial charge on any atom is -0.335 e. The number of pyridine rings is 2. The van der Waals surface area contributed by atoms with Crippen LogP contribution in [0.15, 0.2) is 48.7 Å². The van der Waals surface area contributed by atoms with E-state index in [9.17, 15) is 14.0 Å². The third-order valence-electron chi connectivity index (χ3n) is 7.32. The number of carbonyl (C=O) groups excluding carboxylic acids is 2. The van der Waals surface area contributed by atoms with E-state index in [0.717, 1.165) is 59.3 Å². The van der Waals surface area contributed by atoms with Crippen molar-refractivity contribution in [3.05, 3.63) is 59.9 Å². The van der Waals surface area contributed by atoms with E-state index in [2.05, 4.69) is 33.1 Å². The number of nitrogens with one attached hydrogen (secondary N) is 3. The maximum absolute atomic E-state index is 13.1. The summed E-state index contributed by atoms with van der Waals surface area (Å²) >= 11 is 0. The van der Waals surface area contributed by atoms with Crippen LogP contribution in [0, 0.1) is 12.8 Å². The largest absolute Gasteiger partial charge is 0.335 e. The van der Waals surface area contributed by atoms with E-state index in [1.165, 1.54) is 0 Å². The SMILES string of the molecule is Cc1ccc(NC(=O)NC2CC(F)C2)cc1-c1cc(-c2ccnc(NC(=O)C3CC3)c2)nc(C2CC2)c1. The number of aryl methyl sites for hydroxylation is 1. The van der Waals surface area contributed by atoms with Gasteiger partial charge in [0.25, 0.3) is 0 Å². The molecule has 190 valence electrons. The minimum atomic E-state index is -0.816. The van der Waals surface area contributed by atoms with Crippen LogP contribution < -0.4 is 16.0 Å². The number of carbonyl (C=O) groups is 2. The molecular formula is C29H30FN5O2. The Morgan fingerprint density at radius 3 is 2.49 bits per heavy atom. The lowest BCUT2D eigenvalue weighted by molar-refractivity contribution is -0.117. The van der Waals surface area contributed by atoms with Gasteiger partial charge < -0.3 is 16.0 Å². The monoisotopic (exact) mass is 499 g/mol. The average Bonchev–Trinajstić information content (AvgIpc) is 3.76. The number of hydrogen-bond donors (Lipinski definition) is 3. The molecule has 2 heterocycles. The molecule has 3 aliphatic carbocycles. The van der Waals surface area contributed by atoms with E-state index < -0.39 is 6.17 Å². The van der Waals surface area contributed by atoms with Crippen LogP contribution in [0.2, 0.25) is 0 Å². The number of anilines is 2. The average molecular weight is 500 g/mol. The van der Waals surface area contributed by atoms with E-state index in [0.29, 0.717) is 30.3 Å². The van der Waals surface area contributed by atoms with Crippen LogP contribution in [-0.2, 0) is 4.79 Å². The summed E-state index contributed by atoms with van der Waals surface area (Å²) in [5.41, 5.74) is 6.55. The van der Waals surface area contributed by atoms with Gasteiger partial charge in [-0.15, -0.1) is 0 Å². The minimum absolute atomic E-state index is 0.0239. The molecule has 1 aromatic carbocycles. The van der Waals surface area contributed by atoms with Crippen molar-refractivity contribution in [2.75, 3.05) is 10.6 Å². The Hall–Kier alpha value is -3.81. The first-order chi connectivity index (χ1) is 17.9. The van der Waals surface area contributed by atoms with E-state index in [-0.39, 0.29) is 23.9 Å². The maximum atomic E-state index is 13.1. The fourth-order valence-corrected chi connectivity index (χ4v) is 4.71. The number of aromatic nitrogens is 2. The van der Waals surface area contributed by atoms with Gasteiger partial charge in [-0.2, -0.15) is 0 Å². The number of hydrogen-bond acceptors (Lipinski definition) is 4. The number of urea groups is 1. The molecule has 37 heavy (non-hydrogen) atoms. The van der Waals surface area contributed by atoms with Crippen molar-refractivity contribution in [1.82, 2.24) is 15.3 Å². The van der Waals surface area contributed by atoms with Crippen LogP contribution in [-0.4, -0.2) is 34.1 Å². The highest BCUT2D eigenvalue weighted by Gasteiger charge is 2.31. The Morgan fingerprint density at radius 1 is 0.946 bits per heavy atom. The zero-order chi connectivity index (χ0) is 25.5. The zero-order valence-electron chi connectivity index (χ0n) is 20.8. The van der Waals surface area contributed by atoms with Gasteiger partial charge in [0, 0.05) is 41.0 Å². The van der Waals surface area contributed by atoms with Crippen molar-refractivity contribution < 1.29 is 14.0 Å². The Kier molecular flexibility index (Phi) is 6.10. The zero-order valence-corrected chi connectivity index (χ0v) is 20.8. The number of rotatable bonds is 7. The molecule has 7 nitrogen and oxygen atoms in total. The fourth-order valence-electron chi connectivity index (χ4n) is 4.71. The quantitative estimate of drug-likeness (QED) is 0.373. The van der Waals surface area contributed by atoms with Crippen LogP contribution in [0.1, 0.15) is 55.7 Å². The molecule has 3 saturated carbocycles. The molecular weight excluding hydrogens is 469 g/mol. The van der Waals surface area contributed by atoms with Gasteiger partial charge in [-0.05, 0) is 98.5 Å². The molecule has 0 radical (unpaired) electrons. The molecule has 0 saturated heterocycles. The highest BCUT2D eigenvalue weighted by Crippen LogP contribution is 2.42. The van der Waals surface area contributed by atoms with Crippen molar-refractivity contribution in [3.8, 4) is 22.4 Å². The smallest absolute Gasteiger partial charge is 0.319 e. The van der Waals surface area contributed by atoms with Crippen molar-refractivity contribution in [2.45, 2.75) is 63.6 Å². The van der Waals surface area contributed by atoms with Gasteiger partial charge in [0.1, 0.15) is 12.0 Å². The number of alkyl halides is 1. The Bertz CT molecular complexity index is 1360. The van der Waals surface area contributed by atoms with Crippen LogP contribution in [0.4, 0.5) is 20.7 Å². The standard InChI is InChI=1S/C29H30FN5O2/c1-16-2-7-22(32-29(37)33-23-13-21(30)14-23)15-24(16)20-10-25(17-3-4-17)34-26(11-20)19-8-9-31-27(12-19)35-28(36)18-5-6-18/h2,7-12,15,17-18,21,23H,3-6,13-14H2,1H3,(H,31,35,36)(H2,32,33,37). The molecule has 6 rings (SSSR count). The number of amides is 3. The van der Waals surface area contributed by atoms with Crippen LogP contribution in [0.3, 0.4) is 0 Å². The van der Waals surface area contributed by atoms with Crippen molar-refractivity contribution in [3.63, 3.8) is 0 Å². The molecule has 3 N–H and O–H groups in total. The summed E-state index contributed by atoms with van der Waals surface area (Å²) < 4.78 is 13.1. The second-order valence-corrected chi connectivity index (χ2v) is 10.5. The third kappa shape index (κ3) is 5.48. The molecule has 0 aliphatic heterocycles. The van der Waals surface area contributed by atoms with Gasteiger partial charge in [0.15, 0.2) is 0 Å². The predicted octanol–water partition coefficient (Wildman–Crippen LogP) is 5.97. The first-order valence-corrected chi connectivity index (χ1v) is 13.0. The van der Waals surface area contributed by atoms with E-state index in [4.69, 9.17) is 4.98 Å². The molecule has 8 heteroatoms. The Balaban J connectivity index is 1.28. The Labute approximate surface area is 215 Å². The van der Waals surface area contributed by atoms with E-state index in [1.807, 2.05) is 37.3 Å². The van der Waals surface area contributed by atoms with Gasteiger partial charge in [-0.1, -0.05) is 6.07 Å². The second-order valence-electron chi connectivity index (χ2n) is 10.5. The second kappa shape index (κ2) is 9.57. The summed E-state index contributed by atoms with van der Waals surface area (Å²) in [6.07, 6.45) is 5.75. The van der Waals surface area contributed by atoms with Crippen molar-refractivity contribution >= 4 is 23.4 Å². The molecule has 0 atom stereocenters. The van der Waals surface area contributed by atoms with Gasteiger partial charge in [-0.3, -0.25) is 9.78 Å². The summed E-state index contributed by atoms with van der Waals surface area (Å²) in [4.78, 5) is 33.9. The lowest BCUT2D eigenvalue weighted by Crippen LogP contribution is -2.46. The first kappa shape index (κ1) is 23.6. The maximum Gasteiger partial charge on any atom is 0.319 e. The van der Waals surface area contributed by atoms with Gasteiger partial charge >= 0.3 is 6.03 Å². The number of halogens is 1. The van der Waals surface area contributed by atoms with Crippen LogP contribution in [0.5, 0.6) is 0 Å². The summed E-state index contributed by atoms with van der Waals surface area (Å²) in [5, 5.41) is 8.64. The molecule has 2 aromatic heterocycles. The molecule has 3 fully saturated rings. The highest BCUT2D eigenvalue weighted by atomic mass is 19.1. The Morgan fingerprint density at radius 2 is 1.76 bits per heavy atom. The van der Waals surface area contributed by atoms with Gasteiger partial charge in [0.2, 0.25) is 5.91 Å². The van der Waals surface area contributed by atoms with Crippen LogP contribution >= 0.6 is 0 Å². The first-order valence-electron chi connectivity index (χ1n) is 13.0. The lowest BCUT2D eigenvalue weighted by Gasteiger charge is -2.30. The highest BCUT2D eigenvalue weighted by molar-refractivity contribution is 5.94. The fraction of sp³-hybridized carbons (Fsp3) is 0.379. The molecule has 0 bridgehead atoms. The summed E-state index contributed by atoms with van der Waals surface area (Å²) in [7, 11) is 0.